The first-order valence-electron chi connectivity index (χ1n) is 9.97. The fourth-order valence-electron chi connectivity index (χ4n) is 3.46. The van der Waals surface area contributed by atoms with Gasteiger partial charge < -0.3 is 19.9 Å². The van der Waals surface area contributed by atoms with E-state index < -0.39 is 11.9 Å². The van der Waals surface area contributed by atoms with Crippen molar-refractivity contribution >= 4 is 17.2 Å². The second-order valence-corrected chi connectivity index (χ2v) is 7.71. The lowest BCUT2D eigenvalue weighted by molar-refractivity contribution is -0.141. The van der Waals surface area contributed by atoms with E-state index in [0.717, 1.165) is 6.20 Å². The van der Waals surface area contributed by atoms with Gasteiger partial charge in [-0.15, -0.1) is 0 Å². The predicted octanol–water partition coefficient (Wildman–Crippen LogP) is 3.50. The maximum Gasteiger partial charge on any atom is 0.434 e. The summed E-state index contributed by atoms with van der Waals surface area (Å²) in [6.07, 6.45) is -0.512. The molecule has 0 bridgehead atoms. The highest BCUT2D eigenvalue weighted by Gasteiger charge is 2.35. The van der Waals surface area contributed by atoms with Gasteiger partial charge in [-0.3, -0.25) is 5.41 Å². The van der Waals surface area contributed by atoms with E-state index in [9.17, 15) is 13.2 Å². The van der Waals surface area contributed by atoms with Crippen molar-refractivity contribution in [1.82, 2.24) is 19.5 Å². The van der Waals surface area contributed by atoms with Crippen LogP contribution in [0.3, 0.4) is 0 Å². The molecular weight excluding hydrogens is 423 g/mol. The average Bonchev–Trinajstić information content (AvgIpc) is 3.18. The number of imidazole rings is 1. The number of nitrogens with two attached hydrogens (primary N) is 1. The number of pyridine rings is 2. The fourth-order valence-corrected chi connectivity index (χ4v) is 3.46. The number of nitrogens with one attached hydrogen (secondary N) is 1. The van der Waals surface area contributed by atoms with Gasteiger partial charge >= 0.3 is 6.18 Å². The first-order chi connectivity index (χ1) is 15.1. The lowest BCUT2D eigenvalue weighted by Crippen LogP contribution is -2.34. The smallest absolute Gasteiger partial charge is 0.434 e. The monoisotopic (exact) mass is 445 g/mol. The number of aromatic nitrogens is 4. The Morgan fingerprint density at radius 1 is 1.22 bits per heavy atom. The number of halogens is 3. The molecule has 0 atom stereocenters. The zero-order chi connectivity index (χ0) is 23.0. The van der Waals surface area contributed by atoms with Gasteiger partial charge in [-0.25, -0.2) is 15.0 Å². The van der Waals surface area contributed by atoms with Gasteiger partial charge in [-0.1, -0.05) is 0 Å². The Balaban J connectivity index is 1.58. The topological polar surface area (TPSA) is 106 Å². The molecule has 4 heterocycles. The highest BCUT2D eigenvalue weighted by molar-refractivity contribution is 6.14. The third kappa shape index (κ3) is 4.36. The molecule has 0 aromatic carbocycles. The van der Waals surface area contributed by atoms with Crippen LogP contribution in [-0.2, 0) is 19.3 Å². The van der Waals surface area contributed by atoms with E-state index in [1.165, 1.54) is 10.8 Å². The minimum Gasteiger partial charge on any atom is -0.475 e. The van der Waals surface area contributed by atoms with Gasteiger partial charge in [0, 0.05) is 42.7 Å². The second kappa shape index (κ2) is 8.13. The number of anilines is 2. The van der Waals surface area contributed by atoms with Crippen LogP contribution >= 0.6 is 0 Å². The van der Waals surface area contributed by atoms with Crippen LogP contribution in [0, 0.1) is 5.41 Å². The molecule has 3 N–H and O–H groups in total. The molecule has 3 aromatic heterocycles. The Bertz CT molecular complexity index is 1160. The van der Waals surface area contributed by atoms with Gasteiger partial charge in [0.15, 0.2) is 5.69 Å². The van der Waals surface area contributed by atoms with E-state index >= 15 is 0 Å². The molecule has 1 aliphatic heterocycles. The van der Waals surface area contributed by atoms with E-state index in [-0.39, 0.29) is 18.4 Å². The minimum absolute atomic E-state index is 0.0785. The Hall–Kier alpha value is -3.63. The molecule has 0 saturated heterocycles. The molecule has 168 valence electrons. The van der Waals surface area contributed by atoms with Crippen molar-refractivity contribution in [2.45, 2.75) is 39.2 Å². The number of fused-ring (bicyclic) bond motifs is 1. The quantitative estimate of drug-likeness (QED) is 0.583. The molecule has 8 nitrogen and oxygen atoms in total. The van der Waals surface area contributed by atoms with E-state index in [1.807, 2.05) is 18.7 Å². The number of hydrogen-bond donors (Lipinski definition) is 2. The number of rotatable bonds is 5. The van der Waals surface area contributed by atoms with Crippen LogP contribution in [0.4, 0.5) is 24.7 Å². The standard InChI is InChI=1S/C21H22F3N7O/c1-12(2)32-19-8-14(15(25)9-28-19)20(26)13-3-4-27-17(7-13)31-6-5-30-10-16(21(22,23)24)29-18(30)11-31/h3-4,7-10,12,26H,5-6,11,25H2,1-2H3. The molecular formula is C21H22F3N7O. The van der Waals surface area contributed by atoms with E-state index in [1.54, 1.807) is 24.4 Å². The van der Waals surface area contributed by atoms with E-state index in [2.05, 4.69) is 15.0 Å². The molecule has 0 aliphatic carbocycles. The van der Waals surface area contributed by atoms with Crippen LogP contribution in [0.2, 0.25) is 0 Å². The van der Waals surface area contributed by atoms with Crippen molar-refractivity contribution in [2.75, 3.05) is 17.2 Å². The maximum absolute atomic E-state index is 13.0. The van der Waals surface area contributed by atoms with Gasteiger partial charge in [0.05, 0.1) is 30.2 Å². The molecule has 0 amide bonds. The summed E-state index contributed by atoms with van der Waals surface area (Å²) in [5.41, 5.74) is 6.68. The molecule has 11 heteroatoms. The maximum atomic E-state index is 13.0. The molecule has 0 unspecified atom stereocenters. The van der Waals surface area contributed by atoms with Gasteiger partial charge in [0.2, 0.25) is 5.88 Å². The average molecular weight is 445 g/mol. The van der Waals surface area contributed by atoms with Crippen LogP contribution in [-0.4, -0.2) is 37.9 Å². The fraction of sp³-hybridized carbons (Fsp3) is 0.333. The molecule has 0 fully saturated rings. The zero-order valence-corrected chi connectivity index (χ0v) is 17.5. The van der Waals surface area contributed by atoms with Crippen molar-refractivity contribution in [3.8, 4) is 5.88 Å². The lowest BCUT2D eigenvalue weighted by Gasteiger charge is -2.28. The van der Waals surface area contributed by atoms with Crippen molar-refractivity contribution in [3.63, 3.8) is 0 Å². The summed E-state index contributed by atoms with van der Waals surface area (Å²) in [5, 5.41) is 8.64. The highest BCUT2D eigenvalue weighted by Crippen LogP contribution is 2.30. The van der Waals surface area contributed by atoms with Crippen LogP contribution < -0.4 is 15.4 Å². The number of nitrogen functional groups attached to an aromatic ring is 1. The number of hydrogen-bond acceptors (Lipinski definition) is 7. The lowest BCUT2D eigenvalue weighted by atomic mass is 10.0. The van der Waals surface area contributed by atoms with E-state index in [4.69, 9.17) is 15.9 Å². The highest BCUT2D eigenvalue weighted by atomic mass is 19.4. The van der Waals surface area contributed by atoms with E-state index in [0.29, 0.717) is 47.4 Å². The number of nitrogens with zero attached hydrogens (tertiary/aromatic N) is 5. The number of ether oxygens (including phenoxy) is 1. The number of alkyl halides is 3. The molecule has 0 radical (unpaired) electrons. The molecule has 0 saturated carbocycles. The summed E-state index contributed by atoms with van der Waals surface area (Å²) >= 11 is 0. The Morgan fingerprint density at radius 2 is 2.00 bits per heavy atom. The Morgan fingerprint density at radius 3 is 2.72 bits per heavy atom. The largest absolute Gasteiger partial charge is 0.475 e. The third-order valence-electron chi connectivity index (χ3n) is 4.99. The van der Waals surface area contributed by atoms with Crippen molar-refractivity contribution < 1.29 is 17.9 Å². The molecule has 32 heavy (non-hydrogen) atoms. The van der Waals surface area contributed by atoms with Crippen LogP contribution in [0.25, 0.3) is 0 Å². The summed E-state index contributed by atoms with van der Waals surface area (Å²) < 4.78 is 46.1. The molecule has 1 aliphatic rings. The molecule has 0 spiro atoms. The Kier molecular flexibility index (Phi) is 5.49. The van der Waals surface area contributed by atoms with Gasteiger partial charge in [-0.05, 0) is 26.0 Å². The summed E-state index contributed by atoms with van der Waals surface area (Å²) in [7, 11) is 0. The minimum atomic E-state index is -4.48. The first-order valence-corrected chi connectivity index (χ1v) is 9.97. The first kappa shape index (κ1) is 21.6. The molecule has 4 rings (SSSR count). The predicted molar refractivity (Wildman–Crippen MR) is 113 cm³/mol. The normalized spacial score (nSPS) is 13.9. The van der Waals surface area contributed by atoms with Crippen molar-refractivity contribution in [1.29, 1.82) is 5.41 Å². The summed E-state index contributed by atoms with van der Waals surface area (Å²) in [6, 6.07) is 5.02. The van der Waals surface area contributed by atoms with Crippen LogP contribution in [0.1, 0.15) is 36.5 Å². The van der Waals surface area contributed by atoms with Crippen LogP contribution in [0.5, 0.6) is 5.88 Å². The zero-order valence-electron chi connectivity index (χ0n) is 17.5. The second-order valence-electron chi connectivity index (χ2n) is 7.71. The van der Waals surface area contributed by atoms with Crippen molar-refractivity contribution in [2.24, 2.45) is 0 Å². The summed E-state index contributed by atoms with van der Waals surface area (Å²) in [5.74, 6) is 1.23. The SMILES string of the molecule is CC(C)Oc1cc(C(=N)c2ccnc(N3CCn4cc(C(F)(F)F)nc4C3)c2)c(N)cn1. The summed E-state index contributed by atoms with van der Waals surface area (Å²) in [4.78, 5) is 14.1. The molecule has 3 aromatic rings. The van der Waals surface area contributed by atoms with Crippen molar-refractivity contribution in [3.05, 3.63) is 59.4 Å². The third-order valence-corrected chi connectivity index (χ3v) is 4.99. The summed E-state index contributed by atoms with van der Waals surface area (Å²) in [6.45, 7) is 4.76. The van der Waals surface area contributed by atoms with Gasteiger partial charge in [0.25, 0.3) is 0 Å². The van der Waals surface area contributed by atoms with Gasteiger partial charge in [-0.2, -0.15) is 13.2 Å². The Labute approximate surface area is 182 Å². The van der Waals surface area contributed by atoms with Gasteiger partial charge in [0.1, 0.15) is 11.6 Å². The van der Waals surface area contributed by atoms with Crippen LogP contribution in [0.15, 0.2) is 36.8 Å².